The topological polar surface area (TPSA) is 221 Å². The number of hydrogen-bond donors (Lipinski definition) is 4. The van der Waals surface area contributed by atoms with Crippen LogP contribution in [-0.4, -0.2) is 148 Å². The second-order valence-electron chi connectivity index (χ2n) is 23.6. The first kappa shape index (κ1) is 58.2. The third-order valence-corrected chi connectivity index (χ3v) is 17.2. The molecule has 4 heterocycles. The Hall–Kier alpha value is -6.49. The Morgan fingerprint density at radius 3 is 2.30 bits per heavy atom. The van der Waals surface area contributed by atoms with Gasteiger partial charge in [0.25, 0.3) is 11.8 Å². The smallest absolute Gasteiger partial charge is 0.254 e. The second-order valence-corrected chi connectivity index (χ2v) is 24.0. The molecule has 2 aliphatic carbocycles. The Balaban J connectivity index is 0.684. The second kappa shape index (κ2) is 25.1. The first-order valence-electron chi connectivity index (χ1n) is 28.3. The zero-order valence-electron chi connectivity index (χ0n) is 47.4. The van der Waals surface area contributed by atoms with E-state index in [1.807, 2.05) is 64.1 Å². The quantitative estimate of drug-likeness (QED) is 0.0507. The molecule has 0 radical (unpaired) electrons. The Morgan fingerprint density at radius 2 is 1.62 bits per heavy atom. The van der Waals surface area contributed by atoms with Crippen LogP contribution in [-0.2, 0) is 14.3 Å². The van der Waals surface area contributed by atoms with Crippen LogP contribution in [0.15, 0.2) is 83.6 Å². The summed E-state index contributed by atoms with van der Waals surface area (Å²) < 4.78 is 30.8. The number of aryl methyl sites for hydroxylation is 1. The summed E-state index contributed by atoms with van der Waals surface area (Å²) in [5.74, 6) is 0.202. The number of nitrogens with zero attached hydrogens (tertiary/aromatic N) is 6. The lowest BCUT2D eigenvalue weighted by Crippen LogP contribution is -2.74. The van der Waals surface area contributed by atoms with Crippen LogP contribution in [0.4, 0.5) is 0 Å². The minimum atomic E-state index is -0.843. The number of aliphatic hydroxyl groups is 1. The van der Waals surface area contributed by atoms with Crippen molar-refractivity contribution >= 4 is 29.3 Å². The maximum atomic E-state index is 14.3. The Kier molecular flexibility index (Phi) is 18.3. The summed E-state index contributed by atoms with van der Waals surface area (Å²) in [7, 11) is 0. The lowest BCUT2D eigenvalue weighted by molar-refractivity contribution is -0.164. The van der Waals surface area contributed by atoms with Crippen LogP contribution in [0.25, 0.3) is 11.3 Å². The number of nitriles is 1. The van der Waals surface area contributed by atoms with Crippen LogP contribution in [0.1, 0.15) is 125 Å². The highest BCUT2D eigenvalue weighted by molar-refractivity contribution is 6.31. The minimum Gasteiger partial charge on any atom is -0.491 e. The molecule has 5 aromatic rings. The molecule has 19 heteroatoms. The average Bonchev–Trinajstić information content (AvgIpc) is 4.26. The van der Waals surface area contributed by atoms with Crippen molar-refractivity contribution in [3.8, 4) is 34.7 Å². The molecule has 2 saturated carbocycles. The van der Waals surface area contributed by atoms with E-state index in [9.17, 15) is 24.8 Å². The van der Waals surface area contributed by atoms with Gasteiger partial charge in [0, 0.05) is 97.6 Å². The van der Waals surface area contributed by atoms with Gasteiger partial charge in [-0.2, -0.15) is 5.26 Å². The molecule has 428 valence electrons. The normalized spacial score (nSPS) is 23.6. The molecule has 3 aromatic carbocycles. The van der Waals surface area contributed by atoms with Crippen LogP contribution < -0.4 is 24.8 Å². The van der Waals surface area contributed by atoms with E-state index < -0.39 is 18.1 Å². The molecule has 0 spiro atoms. The number of aromatic nitrogens is 3. The van der Waals surface area contributed by atoms with Crippen molar-refractivity contribution in [3.05, 3.63) is 112 Å². The maximum Gasteiger partial charge on any atom is 0.254 e. The summed E-state index contributed by atoms with van der Waals surface area (Å²) in [4.78, 5) is 55.5. The first-order chi connectivity index (χ1) is 38.3. The first-order valence-corrected chi connectivity index (χ1v) is 28.7. The molecule has 2 aliphatic heterocycles. The van der Waals surface area contributed by atoms with Crippen LogP contribution >= 0.6 is 11.6 Å². The summed E-state index contributed by atoms with van der Waals surface area (Å²) in [6, 6.07) is 22.9. The fourth-order valence-electron chi connectivity index (χ4n) is 12.8. The number of carbonyl (C=O) groups is 3. The molecule has 3 unspecified atom stereocenters. The predicted molar refractivity (Wildman–Crippen MR) is 302 cm³/mol. The number of ether oxygens (including phenoxy) is 4. The van der Waals surface area contributed by atoms with Crippen LogP contribution in [0.2, 0.25) is 5.02 Å². The van der Waals surface area contributed by atoms with Gasteiger partial charge in [0.05, 0.1) is 47.5 Å². The molecule has 0 bridgehead atoms. The summed E-state index contributed by atoms with van der Waals surface area (Å²) >= 11 is 6.27. The van der Waals surface area contributed by atoms with Crippen molar-refractivity contribution < 1.29 is 43.0 Å². The largest absolute Gasteiger partial charge is 0.491 e. The molecule has 4 fully saturated rings. The summed E-state index contributed by atoms with van der Waals surface area (Å²) in [6.45, 7) is 21.7. The van der Waals surface area contributed by atoms with E-state index in [0.29, 0.717) is 71.7 Å². The Labute approximate surface area is 474 Å². The van der Waals surface area contributed by atoms with Gasteiger partial charge in [-0.15, -0.1) is 0 Å². The van der Waals surface area contributed by atoms with E-state index in [-0.39, 0.29) is 71.7 Å². The number of piperazine rings is 1. The van der Waals surface area contributed by atoms with Crippen molar-refractivity contribution in [1.29, 1.82) is 5.26 Å². The SMILES string of the molecule is Cc1[nH]cnc1-c1ccc(C(C)NC(=O)[C@@H]2C[C@@H](O)CN2C(=O)C(c2cc(OCCN3CCN(C4CCCC[C@@H]4OCCOc4ccc(C(=O)NC5C(C)(C)C(Oc6ccc(C#N)c(Cl)c6)C5(C)C)cc4)CC3)no2)C(C)C)cc1. The van der Waals surface area contributed by atoms with Crippen LogP contribution in [0, 0.1) is 35.0 Å². The highest BCUT2D eigenvalue weighted by Gasteiger charge is 2.64. The number of likely N-dealkylation sites (tertiary alicyclic amines) is 1. The van der Waals surface area contributed by atoms with Gasteiger partial charge >= 0.3 is 0 Å². The Bertz CT molecular complexity index is 2950. The number of nitrogens with one attached hydrogen (secondary N) is 3. The fourth-order valence-corrected chi connectivity index (χ4v) is 13.1. The maximum absolute atomic E-state index is 14.3. The molecule has 2 saturated heterocycles. The minimum absolute atomic E-state index is 0.0433. The number of imidazole rings is 1. The zero-order chi connectivity index (χ0) is 56.9. The van der Waals surface area contributed by atoms with Crippen molar-refractivity contribution in [2.24, 2.45) is 16.7 Å². The number of hydrogen-bond acceptors (Lipinski definition) is 14. The number of aromatic amines is 1. The van der Waals surface area contributed by atoms with E-state index in [0.717, 1.165) is 68.0 Å². The number of halogens is 1. The number of amides is 3. The number of benzene rings is 3. The van der Waals surface area contributed by atoms with E-state index in [4.69, 9.17) is 35.1 Å². The van der Waals surface area contributed by atoms with Crippen molar-refractivity contribution in [1.82, 2.24) is 40.5 Å². The summed E-state index contributed by atoms with van der Waals surface area (Å²) in [5.41, 5.74) is 3.90. The van der Waals surface area contributed by atoms with Gasteiger partial charge in [0.2, 0.25) is 11.8 Å². The number of aliphatic hydroxyl groups excluding tert-OH is 1. The monoisotopic (exact) mass is 1120 g/mol. The molecule has 4 aliphatic rings. The molecule has 4 N–H and O–H groups in total. The fraction of sp³-hybridized carbons (Fsp3) is 0.541. The highest BCUT2D eigenvalue weighted by atomic mass is 35.5. The van der Waals surface area contributed by atoms with Gasteiger partial charge in [-0.1, -0.05) is 90.3 Å². The zero-order valence-corrected chi connectivity index (χ0v) is 48.1. The molecular weight excluding hydrogens is 1040 g/mol. The molecule has 18 nitrogen and oxygen atoms in total. The van der Waals surface area contributed by atoms with E-state index >= 15 is 0 Å². The van der Waals surface area contributed by atoms with Crippen molar-refractivity contribution in [3.63, 3.8) is 0 Å². The molecule has 80 heavy (non-hydrogen) atoms. The van der Waals surface area contributed by atoms with E-state index in [1.54, 1.807) is 42.7 Å². The third-order valence-electron chi connectivity index (χ3n) is 16.9. The van der Waals surface area contributed by atoms with Crippen LogP contribution in [0.3, 0.4) is 0 Å². The molecular formula is C61H78ClN9O9. The van der Waals surface area contributed by atoms with Gasteiger partial charge in [0.1, 0.15) is 48.8 Å². The Morgan fingerprint density at radius 1 is 0.912 bits per heavy atom. The lowest BCUT2D eigenvalue weighted by atomic mass is 9.49. The van der Waals surface area contributed by atoms with E-state index in [2.05, 4.69) is 69.3 Å². The van der Waals surface area contributed by atoms with Crippen molar-refractivity contribution in [2.45, 2.75) is 136 Å². The highest BCUT2D eigenvalue weighted by Crippen LogP contribution is 2.55. The number of β-amino-alcohol motifs (C(OH)–C–C–N with tert-alkyl or cyclic N) is 1. The molecule has 3 amide bonds. The van der Waals surface area contributed by atoms with Crippen molar-refractivity contribution in [2.75, 3.05) is 59.1 Å². The van der Waals surface area contributed by atoms with Gasteiger partial charge in [-0.05, 0) is 79.7 Å². The van der Waals surface area contributed by atoms with Gasteiger partial charge < -0.3 is 49.1 Å². The lowest BCUT2D eigenvalue weighted by Gasteiger charge is -2.63. The standard InChI is InChI=1S/C61H78ClN9O9/c1-37(2)53(57(75)71-35-44(72)31-49(71)56(74)66-38(3)40-13-15-41(16-14-40)54-39(4)64-36-65-54)51-33-52(68-80-51)78-28-27-69-23-25-70(26-24-69)48-11-9-10-12-50(48)77-30-29-76-45-20-17-42(18-21-45)55(73)67-58-60(5,6)59(61(58,7)8)79-46-22-19-43(34-63)47(62)32-46/h13-22,32-33,36-38,44,48-50,53,58-59,72H,9-12,23-31,35H2,1-8H3,(H,64,65)(H,66,74)(H,67,73)/t38?,44-,48?,49+,50+,53?,58?,59?/m1/s1. The third kappa shape index (κ3) is 13.0. The molecule has 6 atom stereocenters. The van der Waals surface area contributed by atoms with Gasteiger partial charge in [0.15, 0.2) is 5.76 Å². The average molecular weight is 1120 g/mol. The summed E-state index contributed by atoms with van der Waals surface area (Å²) in [6.07, 6.45) is 5.30. The predicted octanol–water partition coefficient (Wildman–Crippen LogP) is 8.49. The molecule has 9 rings (SSSR count). The number of rotatable bonds is 21. The molecule has 2 aromatic heterocycles. The van der Waals surface area contributed by atoms with Gasteiger partial charge in [-0.25, -0.2) is 4.98 Å². The van der Waals surface area contributed by atoms with E-state index in [1.165, 1.54) is 11.3 Å². The summed E-state index contributed by atoms with van der Waals surface area (Å²) in [5, 5.41) is 30.9. The van der Waals surface area contributed by atoms with Crippen LogP contribution in [0.5, 0.6) is 17.4 Å². The van der Waals surface area contributed by atoms with Gasteiger partial charge in [-0.3, -0.25) is 24.2 Å². The number of carbonyl (C=O) groups excluding carboxylic acids is 3. The number of H-pyrrole nitrogens is 1.